The van der Waals surface area contributed by atoms with Crippen molar-refractivity contribution < 1.29 is 14.5 Å². The van der Waals surface area contributed by atoms with Crippen LogP contribution in [0.15, 0.2) is 12.1 Å². The Hall–Kier alpha value is -2.11. The molecule has 0 fully saturated rings. The van der Waals surface area contributed by atoms with E-state index < -0.39 is 4.92 Å². The van der Waals surface area contributed by atoms with E-state index in [1.807, 2.05) is 0 Å². The number of nitrogen functional groups attached to an aromatic ring is 1. The Kier molecular flexibility index (Phi) is 3.44. The Labute approximate surface area is 92.2 Å². The van der Waals surface area contributed by atoms with Gasteiger partial charge >= 0.3 is 5.69 Å². The number of Topliss-reactive ketones (excluding diaryl/α,β-unsaturated/α-hetero) is 1. The topological polar surface area (TPSA) is 95.5 Å². The van der Waals surface area contributed by atoms with Crippen LogP contribution in [0.25, 0.3) is 0 Å². The summed E-state index contributed by atoms with van der Waals surface area (Å²) in [6.07, 6.45) is 0. The van der Waals surface area contributed by atoms with Gasteiger partial charge in [0.2, 0.25) is 5.75 Å². The molecule has 0 spiro atoms. The van der Waals surface area contributed by atoms with Crippen molar-refractivity contribution in [2.75, 3.05) is 12.3 Å². The SMILES string of the molecule is CCOc1c(C(C)=O)ccc(N)c1[N+](=O)[O-]. The summed E-state index contributed by atoms with van der Waals surface area (Å²) in [6, 6.07) is 2.76. The number of hydrogen-bond acceptors (Lipinski definition) is 5. The van der Waals surface area contributed by atoms with E-state index in [0.717, 1.165) is 0 Å². The van der Waals surface area contributed by atoms with Crippen LogP contribution in [0.1, 0.15) is 24.2 Å². The molecule has 0 unspecified atom stereocenters. The highest BCUT2D eigenvalue weighted by atomic mass is 16.6. The number of nitro benzene ring substituents is 1. The molecule has 1 aromatic carbocycles. The highest BCUT2D eigenvalue weighted by molar-refractivity contribution is 5.99. The van der Waals surface area contributed by atoms with Gasteiger partial charge < -0.3 is 10.5 Å². The summed E-state index contributed by atoms with van der Waals surface area (Å²) in [4.78, 5) is 21.5. The summed E-state index contributed by atoms with van der Waals surface area (Å²) in [5.41, 5.74) is 5.29. The lowest BCUT2D eigenvalue weighted by atomic mass is 10.1. The van der Waals surface area contributed by atoms with Crippen molar-refractivity contribution in [1.29, 1.82) is 0 Å². The number of hydrogen-bond donors (Lipinski definition) is 1. The molecule has 1 rings (SSSR count). The fourth-order valence-corrected chi connectivity index (χ4v) is 1.34. The predicted octanol–water partition coefficient (Wildman–Crippen LogP) is 1.78. The number of carbonyl (C=O) groups excluding carboxylic acids is 1. The second-order valence-electron chi connectivity index (χ2n) is 3.13. The number of nitro groups is 1. The lowest BCUT2D eigenvalue weighted by Crippen LogP contribution is -2.06. The molecule has 0 aliphatic carbocycles. The maximum Gasteiger partial charge on any atom is 0.334 e. The largest absolute Gasteiger partial charge is 0.487 e. The van der Waals surface area contributed by atoms with E-state index in [1.54, 1.807) is 6.92 Å². The Morgan fingerprint density at radius 3 is 2.62 bits per heavy atom. The molecule has 0 amide bonds. The quantitative estimate of drug-likeness (QED) is 0.364. The molecular weight excluding hydrogens is 212 g/mol. The maximum absolute atomic E-state index is 11.3. The first-order valence-corrected chi connectivity index (χ1v) is 4.69. The molecule has 1 aromatic rings. The number of benzene rings is 1. The summed E-state index contributed by atoms with van der Waals surface area (Å²) < 4.78 is 5.13. The number of carbonyl (C=O) groups is 1. The van der Waals surface area contributed by atoms with E-state index in [-0.39, 0.29) is 35.1 Å². The molecule has 0 aliphatic heterocycles. The molecule has 2 N–H and O–H groups in total. The maximum atomic E-state index is 11.3. The van der Waals surface area contributed by atoms with Crippen LogP contribution in [-0.4, -0.2) is 17.3 Å². The zero-order valence-corrected chi connectivity index (χ0v) is 9.02. The summed E-state index contributed by atoms with van der Waals surface area (Å²) >= 11 is 0. The number of ketones is 1. The van der Waals surface area contributed by atoms with Crippen molar-refractivity contribution >= 4 is 17.2 Å². The minimum Gasteiger partial charge on any atom is -0.487 e. The van der Waals surface area contributed by atoms with Gasteiger partial charge in [0.05, 0.1) is 17.1 Å². The van der Waals surface area contributed by atoms with E-state index in [0.29, 0.717) is 0 Å². The van der Waals surface area contributed by atoms with Crippen LogP contribution < -0.4 is 10.5 Å². The molecule has 0 radical (unpaired) electrons. The molecule has 0 bridgehead atoms. The fourth-order valence-electron chi connectivity index (χ4n) is 1.34. The van der Waals surface area contributed by atoms with Gasteiger partial charge in [0, 0.05) is 0 Å². The van der Waals surface area contributed by atoms with Crippen molar-refractivity contribution in [1.82, 2.24) is 0 Å². The first kappa shape index (κ1) is 12.0. The van der Waals surface area contributed by atoms with Gasteiger partial charge in [0.25, 0.3) is 0 Å². The van der Waals surface area contributed by atoms with Crippen molar-refractivity contribution in [2.45, 2.75) is 13.8 Å². The number of anilines is 1. The lowest BCUT2D eigenvalue weighted by molar-refractivity contribution is -0.384. The predicted molar refractivity (Wildman–Crippen MR) is 58.7 cm³/mol. The van der Waals surface area contributed by atoms with Gasteiger partial charge in [-0.25, -0.2) is 0 Å². The van der Waals surface area contributed by atoms with E-state index in [9.17, 15) is 14.9 Å². The number of rotatable bonds is 4. The van der Waals surface area contributed by atoms with E-state index >= 15 is 0 Å². The molecule has 0 heterocycles. The fraction of sp³-hybridized carbons (Fsp3) is 0.300. The average molecular weight is 224 g/mol. The third-order valence-corrected chi connectivity index (χ3v) is 2.01. The van der Waals surface area contributed by atoms with Crippen LogP contribution in [0.4, 0.5) is 11.4 Å². The Morgan fingerprint density at radius 1 is 1.56 bits per heavy atom. The van der Waals surface area contributed by atoms with Crippen molar-refractivity contribution in [3.63, 3.8) is 0 Å². The van der Waals surface area contributed by atoms with Gasteiger partial charge in [-0.05, 0) is 26.0 Å². The van der Waals surface area contributed by atoms with E-state index in [4.69, 9.17) is 10.5 Å². The number of ether oxygens (including phenoxy) is 1. The minimum absolute atomic E-state index is 0.0153. The smallest absolute Gasteiger partial charge is 0.334 e. The number of nitrogens with zero attached hydrogens (tertiary/aromatic N) is 1. The summed E-state index contributed by atoms with van der Waals surface area (Å²) in [6.45, 7) is 3.22. The molecule has 16 heavy (non-hydrogen) atoms. The van der Waals surface area contributed by atoms with E-state index in [2.05, 4.69) is 0 Å². The van der Waals surface area contributed by atoms with Gasteiger partial charge in [-0.3, -0.25) is 14.9 Å². The van der Waals surface area contributed by atoms with E-state index in [1.165, 1.54) is 19.1 Å². The van der Waals surface area contributed by atoms with Gasteiger partial charge in [0.15, 0.2) is 5.78 Å². The molecule has 0 saturated heterocycles. The summed E-state index contributed by atoms with van der Waals surface area (Å²) in [7, 11) is 0. The molecule has 0 saturated carbocycles. The van der Waals surface area contributed by atoms with Gasteiger partial charge in [0.1, 0.15) is 5.69 Å². The normalized spacial score (nSPS) is 9.88. The van der Waals surface area contributed by atoms with Crippen molar-refractivity contribution in [2.24, 2.45) is 0 Å². The zero-order valence-electron chi connectivity index (χ0n) is 9.02. The van der Waals surface area contributed by atoms with Crippen LogP contribution in [0.5, 0.6) is 5.75 Å². The van der Waals surface area contributed by atoms with Gasteiger partial charge in [-0.15, -0.1) is 0 Å². The average Bonchev–Trinajstić information content (AvgIpc) is 2.17. The van der Waals surface area contributed by atoms with Crippen LogP contribution in [0, 0.1) is 10.1 Å². The lowest BCUT2D eigenvalue weighted by Gasteiger charge is -2.09. The number of nitrogens with two attached hydrogens (primary N) is 1. The molecule has 0 atom stereocenters. The highest BCUT2D eigenvalue weighted by Crippen LogP contribution is 2.36. The van der Waals surface area contributed by atoms with Gasteiger partial charge in [-0.1, -0.05) is 0 Å². The van der Waals surface area contributed by atoms with Crippen molar-refractivity contribution in [3.05, 3.63) is 27.8 Å². The minimum atomic E-state index is -0.646. The Morgan fingerprint density at radius 2 is 2.19 bits per heavy atom. The summed E-state index contributed by atoms with van der Waals surface area (Å²) in [5.74, 6) is -0.355. The van der Waals surface area contributed by atoms with Crippen molar-refractivity contribution in [3.8, 4) is 5.75 Å². The van der Waals surface area contributed by atoms with Gasteiger partial charge in [-0.2, -0.15) is 0 Å². The monoisotopic (exact) mass is 224 g/mol. The Bertz CT molecular complexity index is 443. The van der Waals surface area contributed by atoms with Crippen LogP contribution in [0.2, 0.25) is 0 Å². The molecule has 6 heteroatoms. The molecule has 6 nitrogen and oxygen atoms in total. The van der Waals surface area contributed by atoms with Crippen LogP contribution >= 0.6 is 0 Å². The van der Waals surface area contributed by atoms with Crippen LogP contribution in [0.3, 0.4) is 0 Å². The second-order valence-corrected chi connectivity index (χ2v) is 3.13. The molecular formula is C10H12N2O4. The third kappa shape index (κ3) is 2.10. The summed E-state index contributed by atoms with van der Waals surface area (Å²) in [5, 5.41) is 10.8. The van der Waals surface area contributed by atoms with Crippen LogP contribution in [-0.2, 0) is 0 Å². The standard InChI is InChI=1S/C10H12N2O4/c1-3-16-10-7(6(2)13)4-5-8(11)9(10)12(14)15/h4-5H,3,11H2,1-2H3. The first-order valence-electron chi connectivity index (χ1n) is 4.69. The molecule has 0 aromatic heterocycles. The Balaban J connectivity index is 3.49. The highest BCUT2D eigenvalue weighted by Gasteiger charge is 2.24. The molecule has 0 aliphatic rings. The zero-order chi connectivity index (χ0) is 12.3. The third-order valence-electron chi connectivity index (χ3n) is 2.01. The first-order chi connectivity index (χ1) is 7.49. The second kappa shape index (κ2) is 4.61. The molecule has 86 valence electrons.